The standard InChI is InChI=1S/C31H43N8O7P/c1-8-42-23-12-10-22(11-13-23)39-18-24(26(37-39)27-32-14-9-15-33-27)35-28(40)25-19-43-29(36-25)21-16-34-38(17-21)20-44-47(41,45-30(2,3)4)46-31(5,6)7/h9,14-19,22-23H,8,10-13,20H2,1-7H3,(H,35,40). The highest BCUT2D eigenvalue weighted by Gasteiger charge is 2.37. The van der Waals surface area contributed by atoms with Gasteiger partial charge in [0, 0.05) is 31.4 Å². The SMILES string of the molecule is CCOC1CCC(n2cc(NC(=O)c3coc(-c4cnn(COP(=O)(OC(C)(C)C)OC(C)(C)C)c4)n3)c(-c3ncccn3)n2)CC1. The quantitative estimate of drug-likeness (QED) is 0.159. The number of phosphoric ester groups is 1. The lowest BCUT2D eigenvalue weighted by Crippen LogP contribution is -2.25. The Morgan fingerprint density at radius 3 is 2.36 bits per heavy atom. The number of phosphoric acid groups is 1. The third-order valence-electron chi connectivity index (χ3n) is 6.91. The Labute approximate surface area is 274 Å². The molecule has 0 bridgehead atoms. The molecule has 5 rings (SSSR count). The van der Waals surface area contributed by atoms with Crippen molar-refractivity contribution in [2.75, 3.05) is 11.9 Å². The summed E-state index contributed by atoms with van der Waals surface area (Å²) in [6, 6.07) is 1.88. The van der Waals surface area contributed by atoms with Crippen LogP contribution in [0.4, 0.5) is 5.69 Å². The van der Waals surface area contributed by atoms with Crippen LogP contribution in [0.1, 0.15) is 90.7 Å². The molecule has 47 heavy (non-hydrogen) atoms. The van der Waals surface area contributed by atoms with Crippen LogP contribution >= 0.6 is 7.82 Å². The fourth-order valence-electron chi connectivity index (χ4n) is 5.08. The smallest absolute Gasteiger partial charge is 0.444 e. The molecule has 254 valence electrons. The molecular weight excluding hydrogens is 627 g/mol. The lowest BCUT2D eigenvalue weighted by atomic mass is 9.93. The molecule has 0 radical (unpaired) electrons. The van der Waals surface area contributed by atoms with Gasteiger partial charge in [-0.1, -0.05) is 0 Å². The van der Waals surface area contributed by atoms with Crippen LogP contribution < -0.4 is 5.32 Å². The van der Waals surface area contributed by atoms with Gasteiger partial charge in [0.2, 0.25) is 5.89 Å². The Bertz CT molecular complexity index is 1660. The summed E-state index contributed by atoms with van der Waals surface area (Å²) in [7, 11) is -3.95. The van der Waals surface area contributed by atoms with Crippen molar-refractivity contribution in [3.8, 4) is 23.0 Å². The second-order valence-electron chi connectivity index (χ2n) is 13.2. The molecule has 4 aromatic heterocycles. The normalized spacial score (nSPS) is 17.6. The van der Waals surface area contributed by atoms with Gasteiger partial charge in [-0.15, -0.1) is 0 Å². The number of oxazole rings is 1. The zero-order chi connectivity index (χ0) is 33.8. The lowest BCUT2D eigenvalue weighted by molar-refractivity contribution is -0.00759. The number of hydrogen-bond acceptors (Lipinski definition) is 12. The van der Waals surface area contributed by atoms with Gasteiger partial charge in [-0.25, -0.2) is 24.2 Å². The van der Waals surface area contributed by atoms with Crippen molar-refractivity contribution in [1.29, 1.82) is 0 Å². The summed E-state index contributed by atoms with van der Waals surface area (Å²) in [6.07, 6.45) is 13.4. The van der Waals surface area contributed by atoms with Gasteiger partial charge in [0.15, 0.2) is 23.9 Å². The van der Waals surface area contributed by atoms with Gasteiger partial charge in [-0.3, -0.25) is 23.0 Å². The van der Waals surface area contributed by atoms with Gasteiger partial charge in [0.1, 0.15) is 6.26 Å². The molecule has 4 aromatic rings. The molecule has 0 saturated heterocycles. The average molecular weight is 671 g/mol. The average Bonchev–Trinajstić information content (AvgIpc) is 3.75. The number of nitrogens with one attached hydrogen (secondary N) is 1. The van der Waals surface area contributed by atoms with Crippen molar-refractivity contribution >= 4 is 19.4 Å². The van der Waals surface area contributed by atoms with E-state index in [-0.39, 0.29) is 30.5 Å². The van der Waals surface area contributed by atoms with Gasteiger partial charge in [-0.05, 0) is 80.2 Å². The van der Waals surface area contributed by atoms with E-state index in [1.807, 2.05) is 17.8 Å². The summed E-state index contributed by atoms with van der Waals surface area (Å²) in [6.45, 7) is 13.0. The zero-order valence-electron chi connectivity index (χ0n) is 27.9. The van der Waals surface area contributed by atoms with Crippen LogP contribution in [0, 0.1) is 0 Å². The van der Waals surface area contributed by atoms with E-state index in [0.29, 0.717) is 29.4 Å². The molecule has 1 N–H and O–H groups in total. The Balaban J connectivity index is 1.28. The molecule has 0 atom stereocenters. The zero-order valence-corrected chi connectivity index (χ0v) is 28.8. The number of rotatable bonds is 12. The van der Waals surface area contributed by atoms with Gasteiger partial charge >= 0.3 is 7.82 Å². The van der Waals surface area contributed by atoms with Gasteiger partial charge in [-0.2, -0.15) is 10.2 Å². The molecule has 15 nitrogen and oxygen atoms in total. The summed E-state index contributed by atoms with van der Waals surface area (Å²) < 4.78 is 45.0. The maximum absolute atomic E-state index is 13.4. The van der Waals surface area contributed by atoms with Crippen molar-refractivity contribution in [2.24, 2.45) is 0 Å². The molecule has 1 saturated carbocycles. The molecule has 1 aliphatic rings. The molecule has 0 spiro atoms. The van der Waals surface area contributed by atoms with E-state index in [4.69, 9.17) is 27.8 Å². The Morgan fingerprint density at radius 2 is 1.72 bits per heavy atom. The molecule has 0 unspecified atom stereocenters. The van der Waals surface area contributed by atoms with Crippen LogP contribution in [0.5, 0.6) is 0 Å². The monoisotopic (exact) mass is 670 g/mol. The Hall–Kier alpha value is -3.75. The van der Waals surface area contributed by atoms with Crippen molar-refractivity contribution in [2.45, 2.75) is 104 Å². The van der Waals surface area contributed by atoms with Crippen LogP contribution in [0.3, 0.4) is 0 Å². The third-order valence-corrected chi connectivity index (χ3v) is 8.89. The summed E-state index contributed by atoms with van der Waals surface area (Å²) in [5, 5.41) is 11.9. The third kappa shape index (κ3) is 9.42. The van der Waals surface area contributed by atoms with E-state index >= 15 is 0 Å². The first kappa shape index (κ1) is 34.6. The molecule has 16 heteroatoms. The summed E-state index contributed by atoms with van der Waals surface area (Å²) in [4.78, 5) is 26.4. The minimum Gasteiger partial charge on any atom is -0.444 e. The van der Waals surface area contributed by atoms with E-state index in [9.17, 15) is 9.36 Å². The predicted octanol–water partition coefficient (Wildman–Crippen LogP) is 6.68. The predicted molar refractivity (Wildman–Crippen MR) is 172 cm³/mol. The summed E-state index contributed by atoms with van der Waals surface area (Å²) in [5.74, 6) is 0.0623. The van der Waals surface area contributed by atoms with Gasteiger partial charge in [0.05, 0.1) is 40.8 Å². The molecule has 0 aliphatic heterocycles. The number of nitrogens with zero attached hydrogens (tertiary/aromatic N) is 7. The molecule has 1 amide bonds. The highest BCUT2D eigenvalue weighted by atomic mass is 31.2. The Morgan fingerprint density at radius 1 is 1.04 bits per heavy atom. The van der Waals surface area contributed by atoms with Crippen molar-refractivity contribution in [3.05, 3.63) is 49.0 Å². The highest BCUT2D eigenvalue weighted by molar-refractivity contribution is 7.48. The Kier molecular flexibility index (Phi) is 10.4. The van der Waals surface area contributed by atoms with Gasteiger partial charge in [0.25, 0.3) is 5.91 Å². The van der Waals surface area contributed by atoms with E-state index in [0.717, 1.165) is 25.7 Å². The topological polar surface area (TPSA) is 171 Å². The van der Waals surface area contributed by atoms with Crippen molar-refractivity contribution in [1.82, 2.24) is 34.5 Å². The van der Waals surface area contributed by atoms with Crippen LogP contribution in [0.2, 0.25) is 0 Å². The first-order valence-corrected chi connectivity index (χ1v) is 17.1. The molecular formula is C31H43N8O7P. The number of amides is 1. The highest BCUT2D eigenvalue weighted by Crippen LogP contribution is 2.55. The minimum absolute atomic E-state index is 0.0514. The van der Waals surface area contributed by atoms with Crippen LogP contribution in [-0.2, 0) is 29.6 Å². The molecule has 0 aromatic carbocycles. The largest absolute Gasteiger partial charge is 0.477 e. The number of aromatic nitrogens is 7. The number of carbonyl (C=O) groups is 1. The molecule has 1 aliphatic carbocycles. The van der Waals surface area contributed by atoms with E-state index in [2.05, 4.69) is 25.4 Å². The summed E-state index contributed by atoms with van der Waals surface area (Å²) in [5.41, 5.74) is -0.106. The van der Waals surface area contributed by atoms with Crippen molar-refractivity contribution in [3.63, 3.8) is 0 Å². The van der Waals surface area contributed by atoms with Crippen LogP contribution in [-0.4, -0.2) is 64.3 Å². The first-order chi connectivity index (χ1) is 22.2. The second kappa shape index (κ2) is 14.2. The van der Waals surface area contributed by atoms with Gasteiger partial charge < -0.3 is 14.5 Å². The number of carbonyl (C=O) groups excluding carboxylic acids is 1. The second-order valence-corrected chi connectivity index (χ2v) is 14.7. The number of ether oxygens (including phenoxy) is 1. The number of anilines is 1. The van der Waals surface area contributed by atoms with E-state index in [1.54, 1.807) is 66.2 Å². The lowest BCUT2D eigenvalue weighted by Gasteiger charge is -2.30. The molecule has 4 heterocycles. The van der Waals surface area contributed by atoms with Crippen LogP contribution in [0.25, 0.3) is 23.0 Å². The maximum atomic E-state index is 13.4. The maximum Gasteiger partial charge on any atom is 0.477 e. The van der Waals surface area contributed by atoms with E-state index in [1.165, 1.54) is 17.1 Å². The van der Waals surface area contributed by atoms with Crippen molar-refractivity contribution < 1.29 is 32.1 Å². The fourth-order valence-corrected chi connectivity index (χ4v) is 6.83. The number of hydrogen-bond donors (Lipinski definition) is 1. The minimum atomic E-state index is -3.95. The molecule has 1 fully saturated rings. The summed E-state index contributed by atoms with van der Waals surface area (Å²) >= 11 is 0. The first-order valence-electron chi connectivity index (χ1n) is 15.6. The van der Waals surface area contributed by atoms with E-state index < -0.39 is 24.9 Å². The van der Waals surface area contributed by atoms with Crippen LogP contribution in [0.15, 0.2) is 47.7 Å². The fraction of sp³-hybridized carbons (Fsp3) is 0.548.